The zero-order chi connectivity index (χ0) is 19.1. The molecule has 2 aromatic rings. The number of aryl methyl sites for hydroxylation is 1. The summed E-state index contributed by atoms with van der Waals surface area (Å²) < 4.78 is 8.58. The minimum absolute atomic E-state index is 0.0236. The number of aromatic nitrogens is 3. The fourth-order valence-electron chi connectivity index (χ4n) is 4.78. The highest BCUT2D eigenvalue weighted by Gasteiger charge is 2.45. The van der Waals surface area contributed by atoms with Gasteiger partial charge in [0.15, 0.2) is 0 Å². The summed E-state index contributed by atoms with van der Waals surface area (Å²) >= 11 is 0. The molecule has 2 aromatic heterocycles. The Bertz CT molecular complexity index is 834. The molecule has 3 fully saturated rings. The number of fused-ring (bicyclic) bond motifs is 1. The zero-order valence-electron chi connectivity index (χ0n) is 16.2. The van der Waals surface area contributed by atoms with Gasteiger partial charge in [-0.05, 0) is 50.5 Å². The lowest BCUT2D eigenvalue weighted by Gasteiger charge is -2.38. The monoisotopic (exact) mass is 381 g/mol. The quantitative estimate of drug-likeness (QED) is 0.884. The number of rotatable bonds is 4. The first-order valence-corrected chi connectivity index (χ1v) is 10.3. The second kappa shape index (κ2) is 7.11. The van der Waals surface area contributed by atoms with E-state index in [0.717, 1.165) is 44.6 Å². The van der Waals surface area contributed by atoms with Crippen LogP contribution in [0.25, 0.3) is 0 Å². The van der Waals surface area contributed by atoms with Crippen LogP contribution in [0.4, 0.5) is 4.79 Å². The van der Waals surface area contributed by atoms with E-state index in [1.807, 2.05) is 42.4 Å². The van der Waals surface area contributed by atoms with Crippen molar-refractivity contribution in [2.75, 3.05) is 13.1 Å². The van der Waals surface area contributed by atoms with Crippen molar-refractivity contribution < 1.29 is 9.53 Å². The lowest BCUT2D eigenvalue weighted by atomic mass is 9.77. The van der Waals surface area contributed by atoms with E-state index in [1.54, 1.807) is 6.20 Å². The second-order valence-corrected chi connectivity index (χ2v) is 8.39. The molecule has 0 unspecified atom stereocenters. The number of ether oxygens (including phenoxy) is 1. The summed E-state index contributed by atoms with van der Waals surface area (Å²) in [6, 6.07) is 6.47. The number of amides is 2. The number of nitrogens with one attached hydrogen (secondary N) is 1. The van der Waals surface area contributed by atoms with E-state index in [2.05, 4.69) is 19.9 Å². The van der Waals surface area contributed by atoms with Crippen LogP contribution in [-0.4, -0.2) is 50.7 Å². The summed E-state index contributed by atoms with van der Waals surface area (Å²) in [5, 5.41) is 3.13. The number of carbonyl (C=O) groups excluding carboxylic acids is 1. The molecule has 0 radical (unpaired) electrons. The third-order valence-electron chi connectivity index (χ3n) is 6.41. The molecule has 148 valence electrons. The maximum Gasteiger partial charge on any atom is 0.317 e. The molecule has 7 nitrogen and oxygen atoms in total. The van der Waals surface area contributed by atoms with Crippen molar-refractivity contribution >= 4 is 6.03 Å². The molecule has 0 bridgehead atoms. The fraction of sp³-hybridized carbons (Fsp3) is 0.571. The van der Waals surface area contributed by atoms with E-state index < -0.39 is 0 Å². The number of hydrogen-bond donors (Lipinski definition) is 1. The molecule has 1 N–H and O–H groups in total. The first-order valence-electron chi connectivity index (χ1n) is 10.3. The van der Waals surface area contributed by atoms with Crippen LogP contribution in [0.1, 0.15) is 37.5 Å². The molecule has 0 aromatic carbocycles. The molecule has 1 saturated heterocycles. The number of likely N-dealkylation sites (tertiary alicyclic amines) is 1. The van der Waals surface area contributed by atoms with Gasteiger partial charge >= 0.3 is 6.03 Å². The number of nitrogens with zero attached hydrogens (tertiary/aromatic N) is 4. The topological polar surface area (TPSA) is 72.3 Å². The van der Waals surface area contributed by atoms with Gasteiger partial charge in [-0.1, -0.05) is 6.07 Å². The average Bonchev–Trinajstić information content (AvgIpc) is 3.24. The predicted molar refractivity (Wildman–Crippen MR) is 104 cm³/mol. The molecule has 1 aliphatic heterocycles. The van der Waals surface area contributed by atoms with Crippen LogP contribution in [0.5, 0.6) is 5.88 Å². The predicted octanol–water partition coefficient (Wildman–Crippen LogP) is 2.79. The van der Waals surface area contributed by atoms with Crippen LogP contribution >= 0.6 is 0 Å². The summed E-state index contributed by atoms with van der Waals surface area (Å²) in [7, 11) is 0. The van der Waals surface area contributed by atoms with Crippen LogP contribution < -0.4 is 10.1 Å². The Hall–Kier alpha value is -2.57. The Kier molecular flexibility index (Phi) is 4.45. The second-order valence-electron chi connectivity index (χ2n) is 8.39. The number of urea groups is 1. The number of hydrogen-bond acceptors (Lipinski definition) is 4. The molecule has 28 heavy (non-hydrogen) atoms. The summed E-state index contributed by atoms with van der Waals surface area (Å²) in [6.07, 6.45) is 9.84. The molecule has 2 saturated carbocycles. The molecular formula is C21H27N5O2. The Morgan fingerprint density at radius 2 is 1.96 bits per heavy atom. The third kappa shape index (κ3) is 3.45. The molecule has 3 heterocycles. The Labute approximate surface area is 165 Å². The maximum atomic E-state index is 12.5. The SMILES string of the molecule is Cc1nccn1[C@H]1C[C@H]2CN(C(=O)NC3CC3)C[C@H]2C[C@@H]1Oc1ccccn1. The summed E-state index contributed by atoms with van der Waals surface area (Å²) in [5.41, 5.74) is 0. The van der Waals surface area contributed by atoms with Crippen molar-refractivity contribution in [1.29, 1.82) is 0 Å². The van der Waals surface area contributed by atoms with Gasteiger partial charge in [0.05, 0.1) is 6.04 Å². The molecule has 2 aliphatic carbocycles. The Morgan fingerprint density at radius 1 is 1.14 bits per heavy atom. The number of imidazole rings is 1. The van der Waals surface area contributed by atoms with E-state index >= 15 is 0 Å². The van der Waals surface area contributed by atoms with E-state index in [1.165, 1.54) is 0 Å². The third-order valence-corrected chi connectivity index (χ3v) is 6.41. The van der Waals surface area contributed by atoms with Gasteiger partial charge in [0, 0.05) is 43.8 Å². The van der Waals surface area contributed by atoms with Crippen LogP contribution in [0.15, 0.2) is 36.8 Å². The average molecular weight is 381 g/mol. The van der Waals surface area contributed by atoms with Gasteiger partial charge in [-0.2, -0.15) is 0 Å². The van der Waals surface area contributed by atoms with Crippen molar-refractivity contribution in [3.8, 4) is 5.88 Å². The minimum atomic E-state index is 0.0236. The van der Waals surface area contributed by atoms with Gasteiger partial charge in [-0.15, -0.1) is 0 Å². The first kappa shape index (κ1) is 17.5. The standard InChI is InChI=1S/C21H27N5O2/c1-14-22-8-9-26(14)18-10-15-12-25(21(27)24-17-5-6-17)13-16(15)11-19(18)28-20-4-2-3-7-23-20/h2-4,7-9,15-19H,5-6,10-13H2,1H3,(H,24,27)/t15-,16+,18-,19-/m0/s1. The molecule has 7 heteroatoms. The Balaban J connectivity index is 1.35. The summed E-state index contributed by atoms with van der Waals surface area (Å²) in [5.74, 6) is 2.63. The van der Waals surface area contributed by atoms with E-state index in [9.17, 15) is 4.79 Å². The zero-order valence-corrected chi connectivity index (χ0v) is 16.2. The van der Waals surface area contributed by atoms with Gasteiger partial charge in [0.1, 0.15) is 11.9 Å². The molecule has 5 rings (SSSR count). The minimum Gasteiger partial charge on any atom is -0.472 e. The van der Waals surface area contributed by atoms with Crippen molar-refractivity contribution in [2.45, 2.75) is 50.8 Å². The lowest BCUT2D eigenvalue weighted by molar-refractivity contribution is 0.0504. The summed E-state index contributed by atoms with van der Waals surface area (Å²) in [4.78, 5) is 23.3. The first-order chi connectivity index (χ1) is 13.7. The van der Waals surface area contributed by atoms with Crippen molar-refractivity contribution in [2.24, 2.45) is 11.8 Å². The van der Waals surface area contributed by atoms with Gasteiger partial charge < -0.3 is 19.5 Å². The van der Waals surface area contributed by atoms with E-state index in [0.29, 0.717) is 23.8 Å². The molecular weight excluding hydrogens is 354 g/mol. The van der Waals surface area contributed by atoms with Crippen molar-refractivity contribution in [3.05, 3.63) is 42.6 Å². The van der Waals surface area contributed by atoms with Gasteiger partial charge in [-0.3, -0.25) is 0 Å². The van der Waals surface area contributed by atoms with Crippen LogP contribution in [0.2, 0.25) is 0 Å². The highest BCUT2D eigenvalue weighted by molar-refractivity contribution is 5.75. The highest BCUT2D eigenvalue weighted by atomic mass is 16.5. The maximum absolute atomic E-state index is 12.5. The summed E-state index contributed by atoms with van der Waals surface area (Å²) in [6.45, 7) is 3.69. The van der Waals surface area contributed by atoms with Crippen molar-refractivity contribution in [3.63, 3.8) is 0 Å². The lowest BCUT2D eigenvalue weighted by Crippen LogP contribution is -2.40. The highest BCUT2D eigenvalue weighted by Crippen LogP contribution is 2.43. The van der Waals surface area contributed by atoms with Gasteiger partial charge in [0.25, 0.3) is 0 Å². The van der Waals surface area contributed by atoms with E-state index in [4.69, 9.17) is 4.74 Å². The normalized spacial score (nSPS) is 29.4. The number of pyridine rings is 1. The molecule has 2 amide bonds. The van der Waals surface area contributed by atoms with Crippen LogP contribution in [0.3, 0.4) is 0 Å². The van der Waals surface area contributed by atoms with Gasteiger partial charge in [-0.25, -0.2) is 14.8 Å². The molecule has 0 spiro atoms. The van der Waals surface area contributed by atoms with Gasteiger partial charge in [0.2, 0.25) is 5.88 Å². The smallest absolute Gasteiger partial charge is 0.317 e. The number of carbonyl (C=O) groups is 1. The fourth-order valence-corrected chi connectivity index (χ4v) is 4.78. The largest absolute Gasteiger partial charge is 0.472 e. The molecule has 3 aliphatic rings. The van der Waals surface area contributed by atoms with E-state index in [-0.39, 0.29) is 18.2 Å². The van der Waals surface area contributed by atoms with Crippen LogP contribution in [-0.2, 0) is 0 Å². The van der Waals surface area contributed by atoms with Crippen LogP contribution in [0, 0.1) is 18.8 Å². The Morgan fingerprint density at radius 3 is 2.64 bits per heavy atom. The molecule has 4 atom stereocenters. The van der Waals surface area contributed by atoms with Crippen molar-refractivity contribution in [1.82, 2.24) is 24.8 Å².